The second-order valence-electron chi connectivity index (χ2n) is 13.1. The third kappa shape index (κ3) is 12.0. The fraction of sp³-hybridized carbons (Fsp3) is 0.371. The fourth-order valence-corrected chi connectivity index (χ4v) is 5.91. The molecule has 15 nitrogen and oxygen atoms in total. The Balaban J connectivity index is 0.000000380. The number of carbonyl (C=O) groups is 4. The van der Waals surface area contributed by atoms with Crippen molar-refractivity contribution in [2.45, 2.75) is 63.2 Å². The van der Waals surface area contributed by atoms with Gasteiger partial charge in [0, 0.05) is 43.0 Å². The Morgan fingerprint density at radius 2 is 1.54 bits per heavy atom. The van der Waals surface area contributed by atoms with Gasteiger partial charge in [-0.05, 0) is 79.8 Å². The Hall–Kier alpha value is -5.99. The molecule has 6 bridgehead atoms. The third-order valence-corrected chi connectivity index (χ3v) is 9.03. The quantitative estimate of drug-likeness (QED) is 0.127. The number of amides is 2. The lowest BCUT2D eigenvalue weighted by Crippen LogP contribution is -2.39. The summed E-state index contributed by atoms with van der Waals surface area (Å²) in [6, 6.07) is 7.85. The molecule has 1 aromatic carbocycles. The largest absolute Gasteiger partial charge is 0.490 e. The molecule has 0 atom stereocenters. The number of nitrogens with zero attached hydrogens (tertiary/aromatic N) is 5. The van der Waals surface area contributed by atoms with Crippen molar-refractivity contribution in [1.29, 1.82) is 0 Å². The number of alkyl halides is 6. The smallest absolute Gasteiger partial charge is 0.475 e. The molecule has 1 aliphatic carbocycles. The van der Waals surface area contributed by atoms with E-state index in [1.54, 1.807) is 18.6 Å². The van der Waals surface area contributed by atoms with Gasteiger partial charge in [0.1, 0.15) is 10.6 Å². The van der Waals surface area contributed by atoms with E-state index in [1.807, 2.05) is 35.4 Å². The minimum absolute atomic E-state index is 0.0178. The number of fused-ring (bicyclic) bond motifs is 6. The molecule has 2 aliphatic heterocycles. The normalized spacial score (nSPS) is 15.3. The Morgan fingerprint density at radius 3 is 2.18 bits per heavy atom. The summed E-state index contributed by atoms with van der Waals surface area (Å²) in [5.41, 5.74) is 4.98. The molecule has 304 valence electrons. The molecular weight excluding hydrogens is 794 g/mol. The van der Waals surface area contributed by atoms with Gasteiger partial charge < -0.3 is 35.6 Å². The predicted octanol–water partition coefficient (Wildman–Crippen LogP) is 7.12. The second-order valence-corrected chi connectivity index (χ2v) is 13.5. The number of carbonyl (C=O) groups excluding carboxylic acids is 2. The number of halogens is 7. The number of carboxylic acid groups (broad SMARTS) is 2. The van der Waals surface area contributed by atoms with Gasteiger partial charge in [-0.1, -0.05) is 16.8 Å². The summed E-state index contributed by atoms with van der Waals surface area (Å²) in [7, 11) is 0. The summed E-state index contributed by atoms with van der Waals surface area (Å²) in [5, 5.41) is 28.1. The number of hydrogen-bond acceptors (Lipinski definition) is 11. The average Bonchev–Trinajstić information content (AvgIpc) is 3.88. The van der Waals surface area contributed by atoms with Crippen LogP contribution >= 0.6 is 11.6 Å². The van der Waals surface area contributed by atoms with Crippen LogP contribution in [0.5, 0.6) is 0 Å². The first-order chi connectivity index (χ1) is 26.9. The average molecular weight is 827 g/mol. The summed E-state index contributed by atoms with van der Waals surface area (Å²) in [5.74, 6) is -3.42. The summed E-state index contributed by atoms with van der Waals surface area (Å²) in [4.78, 5) is 59.1. The van der Waals surface area contributed by atoms with Gasteiger partial charge in [-0.15, -0.1) is 0 Å². The summed E-state index contributed by atoms with van der Waals surface area (Å²) in [6.07, 6.45) is 1.96. The lowest BCUT2D eigenvalue weighted by molar-refractivity contribution is -0.193. The van der Waals surface area contributed by atoms with Crippen LogP contribution in [0.2, 0.25) is 5.02 Å². The topological polar surface area (TPSA) is 213 Å². The second kappa shape index (κ2) is 17.9. The lowest BCUT2D eigenvalue weighted by Gasteiger charge is -2.31. The summed E-state index contributed by atoms with van der Waals surface area (Å²) < 4.78 is 68.8. The molecule has 2 fully saturated rings. The molecule has 3 aliphatic rings. The van der Waals surface area contributed by atoms with Crippen LogP contribution in [0.15, 0.2) is 53.6 Å². The number of aryl methyl sites for hydroxylation is 2. The maximum Gasteiger partial charge on any atom is 0.490 e. The molecule has 4 aromatic rings. The number of aromatic nitrogens is 4. The van der Waals surface area contributed by atoms with Crippen LogP contribution in [0.1, 0.15) is 65.3 Å². The van der Waals surface area contributed by atoms with E-state index in [0.29, 0.717) is 54.2 Å². The van der Waals surface area contributed by atoms with E-state index < -0.39 is 24.3 Å². The molecule has 57 heavy (non-hydrogen) atoms. The Labute approximate surface area is 323 Å². The van der Waals surface area contributed by atoms with Crippen LogP contribution in [-0.2, 0) is 27.2 Å². The van der Waals surface area contributed by atoms with Gasteiger partial charge in [0.25, 0.3) is 5.91 Å². The van der Waals surface area contributed by atoms with Crippen molar-refractivity contribution in [3.05, 3.63) is 76.5 Å². The molecule has 22 heteroatoms. The Morgan fingerprint density at radius 1 is 0.877 bits per heavy atom. The van der Waals surface area contributed by atoms with Gasteiger partial charge in [0.15, 0.2) is 11.6 Å². The van der Waals surface area contributed by atoms with Crippen molar-refractivity contribution in [2.24, 2.45) is 5.92 Å². The van der Waals surface area contributed by atoms with Crippen molar-refractivity contribution in [3.8, 4) is 0 Å². The molecule has 1 saturated heterocycles. The first kappa shape index (κ1) is 42.2. The van der Waals surface area contributed by atoms with E-state index in [9.17, 15) is 35.9 Å². The van der Waals surface area contributed by atoms with Crippen LogP contribution in [0.25, 0.3) is 0 Å². The third-order valence-electron chi connectivity index (χ3n) is 8.76. The Kier molecular flexibility index (Phi) is 13.2. The monoisotopic (exact) mass is 826 g/mol. The fourth-order valence-electron chi connectivity index (χ4n) is 5.78. The van der Waals surface area contributed by atoms with Crippen molar-refractivity contribution < 1.29 is 60.3 Å². The van der Waals surface area contributed by atoms with Gasteiger partial charge in [-0.2, -0.15) is 31.3 Å². The first-order valence-corrected chi connectivity index (χ1v) is 17.5. The van der Waals surface area contributed by atoms with Crippen LogP contribution in [0.4, 0.5) is 55.2 Å². The van der Waals surface area contributed by atoms with E-state index in [1.165, 1.54) is 0 Å². The minimum Gasteiger partial charge on any atom is -0.475 e. The number of anilines is 5. The van der Waals surface area contributed by atoms with Gasteiger partial charge in [-0.3, -0.25) is 14.6 Å². The number of aliphatic carboxylic acids is 2. The maximum atomic E-state index is 13.2. The zero-order chi connectivity index (χ0) is 41.5. The number of piperidine rings is 1. The number of carboxylic acids is 2. The molecule has 1 saturated carbocycles. The van der Waals surface area contributed by atoms with E-state index in [4.69, 9.17) is 35.9 Å². The van der Waals surface area contributed by atoms with E-state index in [2.05, 4.69) is 36.1 Å². The van der Waals surface area contributed by atoms with Crippen molar-refractivity contribution >= 4 is 64.2 Å². The molecular formula is C35H33ClF6N8O7. The highest BCUT2D eigenvalue weighted by molar-refractivity contribution is 6.32. The molecule has 2 amide bonds. The highest BCUT2D eigenvalue weighted by atomic mass is 35.5. The lowest BCUT2D eigenvalue weighted by atomic mass is 9.92. The first-order valence-electron chi connectivity index (χ1n) is 17.1. The summed E-state index contributed by atoms with van der Waals surface area (Å²) >= 11 is 6.39. The molecule has 5 N–H and O–H groups in total. The van der Waals surface area contributed by atoms with Crippen molar-refractivity contribution in [3.63, 3.8) is 0 Å². The van der Waals surface area contributed by atoms with Crippen molar-refractivity contribution in [2.75, 3.05) is 29.0 Å². The highest BCUT2D eigenvalue weighted by Gasteiger charge is 2.39. The van der Waals surface area contributed by atoms with Gasteiger partial charge >= 0.3 is 24.3 Å². The van der Waals surface area contributed by atoms with E-state index in [-0.39, 0.29) is 17.7 Å². The number of pyridine rings is 1. The van der Waals surface area contributed by atoms with Gasteiger partial charge in [0.05, 0.1) is 24.3 Å². The maximum absolute atomic E-state index is 13.2. The molecule has 0 spiro atoms. The number of likely N-dealkylation sites (tertiary alicyclic amines) is 1. The van der Waals surface area contributed by atoms with Gasteiger partial charge in [-0.25, -0.2) is 14.6 Å². The number of rotatable bonds is 5. The van der Waals surface area contributed by atoms with Crippen LogP contribution in [-0.4, -0.2) is 84.4 Å². The zero-order valence-electron chi connectivity index (χ0n) is 29.5. The van der Waals surface area contributed by atoms with E-state index >= 15 is 0 Å². The zero-order valence-corrected chi connectivity index (χ0v) is 30.2. The van der Waals surface area contributed by atoms with Crippen LogP contribution in [0, 0.1) is 5.92 Å². The number of hydrogen-bond donors (Lipinski definition) is 5. The number of benzene rings is 1. The molecule has 0 unspecified atom stereocenters. The van der Waals surface area contributed by atoms with Crippen LogP contribution in [0.3, 0.4) is 0 Å². The predicted molar refractivity (Wildman–Crippen MR) is 189 cm³/mol. The Bertz CT molecular complexity index is 2080. The SMILES string of the molecule is O=C(CC1CCN(C(=O)c2cnoc2C2CC2)CC1)Nc1ccc2cc1CCc1cncc(c1)Nc1ncc(Cl)c(n1)N2.O=C(O)C(F)(F)F.O=C(O)C(F)(F)F. The summed E-state index contributed by atoms with van der Waals surface area (Å²) in [6.45, 7) is 1.24. The van der Waals surface area contributed by atoms with Crippen molar-refractivity contribution in [1.82, 2.24) is 25.0 Å². The molecule has 3 aromatic heterocycles. The molecule has 0 radical (unpaired) electrons. The van der Waals surface area contributed by atoms with Gasteiger partial charge in [0.2, 0.25) is 11.9 Å². The standard InChI is InChI=1S/C31H31ClN8O3.2C2HF3O2/c32-25-17-34-31-37-23-11-19(14-33-15-23)1-2-21-13-22(36-29(25)39-31)5-6-26(21)38-27(41)12-18-7-9-40(10-8-18)30(42)24-16-35-43-28(24)20-3-4-20;2*3-2(4,5)1(6)7/h5-6,11,13-18,20H,1-4,7-10,12H2,(H,38,41)(H2,34,36,37,39);2*(H,6,7). The molecule has 5 heterocycles. The van der Waals surface area contributed by atoms with Crippen LogP contribution < -0.4 is 16.0 Å². The highest BCUT2D eigenvalue weighted by Crippen LogP contribution is 2.42. The van der Waals surface area contributed by atoms with E-state index in [0.717, 1.165) is 66.1 Å². The molecule has 7 rings (SSSR count). The number of nitrogens with one attached hydrogen (secondary N) is 3. The minimum atomic E-state index is -5.08.